The van der Waals surface area contributed by atoms with Gasteiger partial charge in [-0.3, -0.25) is 9.36 Å². The zero-order chi connectivity index (χ0) is 25.8. The van der Waals surface area contributed by atoms with E-state index in [1.807, 2.05) is 12.1 Å². The maximum atomic E-state index is 13.8. The van der Waals surface area contributed by atoms with Gasteiger partial charge >= 0.3 is 5.97 Å². The number of thiazole rings is 1. The molecule has 36 heavy (non-hydrogen) atoms. The summed E-state index contributed by atoms with van der Waals surface area (Å²) in [5, 5.41) is 0. The summed E-state index contributed by atoms with van der Waals surface area (Å²) in [6.07, 6.45) is 3.23. The molecule has 4 rings (SSSR count). The summed E-state index contributed by atoms with van der Waals surface area (Å²) >= 11 is 1.24. The molecule has 0 saturated carbocycles. The van der Waals surface area contributed by atoms with Crippen LogP contribution in [0.2, 0.25) is 0 Å². The quantitative estimate of drug-likeness (QED) is 0.345. The molecule has 0 N–H and O–H groups in total. The van der Waals surface area contributed by atoms with E-state index in [1.54, 1.807) is 64.7 Å². The molecule has 0 radical (unpaired) electrons. The van der Waals surface area contributed by atoms with Gasteiger partial charge in [0.1, 0.15) is 23.9 Å². The predicted molar refractivity (Wildman–Crippen MR) is 137 cm³/mol. The number of methoxy groups -OCH3 is 3. The Balaban J connectivity index is 1.94. The molecule has 0 saturated heterocycles. The van der Waals surface area contributed by atoms with Crippen LogP contribution >= 0.6 is 11.3 Å². The normalized spacial score (nSPS) is 15.1. The van der Waals surface area contributed by atoms with Crippen LogP contribution in [0.3, 0.4) is 0 Å². The van der Waals surface area contributed by atoms with E-state index >= 15 is 0 Å². The minimum atomic E-state index is -0.723. The van der Waals surface area contributed by atoms with Gasteiger partial charge in [-0.1, -0.05) is 36.1 Å². The highest BCUT2D eigenvalue weighted by Gasteiger charge is 2.33. The van der Waals surface area contributed by atoms with Gasteiger partial charge in [0.2, 0.25) is 0 Å². The number of rotatable bonds is 8. The maximum absolute atomic E-state index is 13.8. The zero-order valence-electron chi connectivity index (χ0n) is 20.4. The molecule has 9 heteroatoms. The number of hydrogen-bond donors (Lipinski definition) is 0. The van der Waals surface area contributed by atoms with Crippen molar-refractivity contribution in [3.63, 3.8) is 0 Å². The van der Waals surface area contributed by atoms with E-state index < -0.39 is 12.0 Å². The topological polar surface area (TPSA) is 88.4 Å². The Kier molecular flexibility index (Phi) is 7.40. The molecule has 3 aromatic rings. The van der Waals surface area contributed by atoms with E-state index in [0.717, 1.165) is 5.56 Å². The number of carbonyl (C=O) groups is 1. The van der Waals surface area contributed by atoms with E-state index in [4.69, 9.17) is 18.9 Å². The maximum Gasteiger partial charge on any atom is 0.338 e. The number of fused-ring (bicyclic) bond motifs is 1. The van der Waals surface area contributed by atoms with Gasteiger partial charge in [-0.2, -0.15) is 0 Å². The van der Waals surface area contributed by atoms with Gasteiger partial charge in [0.25, 0.3) is 5.56 Å². The Morgan fingerprint density at radius 3 is 2.42 bits per heavy atom. The highest BCUT2D eigenvalue weighted by molar-refractivity contribution is 7.07. The van der Waals surface area contributed by atoms with Crippen LogP contribution in [0.1, 0.15) is 24.1 Å². The summed E-state index contributed by atoms with van der Waals surface area (Å²) in [6.45, 7) is 5.39. The van der Waals surface area contributed by atoms with Crippen molar-refractivity contribution in [2.45, 2.75) is 13.0 Å². The number of aromatic nitrogens is 1. The van der Waals surface area contributed by atoms with Gasteiger partial charge in [-0.05, 0) is 48.9 Å². The largest absolute Gasteiger partial charge is 0.497 e. The molecule has 0 spiro atoms. The summed E-state index contributed by atoms with van der Waals surface area (Å²) in [5.74, 6) is 1.33. The molecule has 1 aliphatic rings. The van der Waals surface area contributed by atoms with Gasteiger partial charge in [0, 0.05) is 5.56 Å². The summed E-state index contributed by atoms with van der Waals surface area (Å²) in [5.41, 5.74) is 1.90. The second-order valence-corrected chi connectivity index (χ2v) is 8.86. The fourth-order valence-electron chi connectivity index (χ4n) is 3.99. The lowest BCUT2D eigenvalue weighted by atomic mass is 9.96. The lowest BCUT2D eigenvalue weighted by molar-refractivity contribution is -0.138. The first-order valence-corrected chi connectivity index (χ1v) is 11.9. The second-order valence-electron chi connectivity index (χ2n) is 7.85. The van der Waals surface area contributed by atoms with Crippen molar-refractivity contribution in [2.75, 3.05) is 27.9 Å². The third-order valence-electron chi connectivity index (χ3n) is 5.73. The minimum absolute atomic E-state index is 0.0466. The van der Waals surface area contributed by atoms with Gasteiger partial charge in [-0.15, -0.1) is 0 Å². The van der Waals surface area contributed by atoms with Gasteiger partial charge in [-0.25, -0.2) is 9.79 Å². The van der Waals surface area contributed by atoms with E-state index in [1.165, 1.54) is 22.0 Å². The summed E-state index contributed by atoms with van der Waals surface area (Å²) in [6, 6.07) is 11.9. The number of carbonyl (C=O) groups excluding carboxylic acids is 1. The molecule has 0 amide bonds. The Bertz CT molecular complexity index is 1520. The molecule has 0 unspecified atom stereocenters. The van der Waals surface area contributed by atoms with Crippen LogP contribution < -0.4 is 29.1 Å². The van der Waals surface area contributed by atoms with E-state index in [0.29, 0.717) is 43.4 Å². The predicted octanol–water partition coefficient (Wildman–Crippen LogP) is 2.99. The molecule has 186 valence electrons. The monoisotopic (exact) mass is 506 g/mol. The van der Waals surface area contributed by atoms with E-state index in [2.05, 4.69) is 11.6 Å². The number of esters is 1. The number of ether oxygens (including phenoxy) is 4. The van der Waals surface area contributed by atoms with Gasteiger partial charge in [0.05, 0.1) is 43.2 Å². The van der Waals surface area contributed by atoms with Crippen LogP contribution in [0.25, 0.3) is 6.08 Å². The third-order valence-corrected chi connectivity index (χ3v) is 6.71. The van der Waals surface area contributed by atoms with Crippen LogP contribution in [-0.2, 0) is 9.53 Å². The fraction of sp³-hybridized carbons (Fsp3) is 0.222. The van der Waals surface area contributed by atoms with Crippen LogP contribution in [0.15, 0.2) is 76.2 Å². The molecule has 1 aromatic heterocycles. The van der Waals surface area contributed by atoms with Crippen molar-refractivity contribution in [3.8, 4) is 17.2 Å². The molecule has 0 fully saturated rings. The standard InChI is InChI=1S/C27H26N2O6S/c1-6-13-35-26(31)23-16(2)28-27-29(24(23)17-7-9-19(32-3)10-8-17)25(30)22(36-27)15-18-14-20(33-4)11-12-21(18)34-5/h6-12,14-15,24H,1,13H2,2-5H3/b22-15-/t24-/m0/s1. The lowest BCUT2D eigenvalue weighted by Crippen LogP contribution is -2.39. The Labute approximate surface area is 212 Å². The Morgan fingerprint density at radius 1 is 1.08 bits per heavy atom. The lowest BCUT2D eigenvalue weighted by Gasteiger charge is -2.24. The zero-order valence-corrected chi connectivity index (χ0v) is 21.3. The van der Waals surface area contributed by atoms with Gasteiger partial charge < -0.3 is 18.9 Å². The smallest absolute Gasteiger partial charge is 0.338 e. The molecule has 1 atom stereocenters. The van der Waals surface area contributed by atoms with Crippen molar-refractivity contribution in [1.29, 1.82) is 0 Å². The first-order valence-electron chi connectivity index (χ1n) is 11.1. The Morgan fingerprint density at radius 2 is 1.78 bits per heavy atom. The molecular formula is C27H26N2O6S. The van der Waals surface area contributed by atoms with Crippen molar-refractivity contribution >= 4 is 23.4 Å². The summed E-state index contributed by atoms with van der Waals surface area (Å²) < 4.78 is 23.4. The molecule has 0 aliphatic carbocycles. The van der Waals surface area contributed by atoms with E-state index in [-0.39, 0.29) is 12.2 Å². The summed E-state index contributed by atoms with van der Waals surface area (Å²) in [7, 11) is 4.71. The van der Waals surface area contributed by atoms with Gasteiger partial charge in [0.15, 0.2) is 4.80 Å². The highest BCUT2D eigenvalue weighted by atomic mass is 32.1. The van der Waals surface area contributed by atoms with Crippen LogP contribution in [0, 0.1) is 0 Å². The number of benzene rings is 2. The first-order chi connectivity index (χ1) is 17.4. The van der Waals surface area contributed by atoms with Crippen LogP contribution in [0.5, 0.6) is 17.2 Å². The van der Waals surface area contributed by atoms with E-state index in [9.17, 15) is 9.59 Å². The van der Waals surface area contributed by atoms with Crippen molar-refractivity contribution in [3.05, 3.63) is 97.2 Å². The first kappa shape index (κ1) is 25.0. The highest BCUT2D eigenvalue weighted by Crippen LogP contribution is 2.32. The molecule has 2 heterocycles. The number of allylic oxidation sites excluding steroid dienone is 1. The van der Waals surface area contributed by atoms with Crippen LogP contribution in [0.4, 0.5) is 0 Å². The second kappa shape index (κ2) is 10.7. The summed E-state index contributed by atoms with van der Waals surface area (Å²) in [4.78, 5) is 31.9. The fourth-order valence-corrected chi connectivity index (χ4v) is 5.03. The number of nitrogens with zero attached hydrogens (tertiary/aromatic N) is 2. The van der Waals surface area contributed by atoms with Crippen LogP contribution in [-0.4, -0.2) is 38.5 Å². The minimum Gasteiger partial charge on any atom is -0.497 e. The molecule has 2 aromatic carbocycles. The Hall–Kier alpha value is -4.11. The number of hydrogen-bond acceptors (Lipinski definition) is 8. The average molecular weight is 507 g/mol. The van der Waals surface area contributed by atoms with Crippen molar-refractivity contribution in [2.24, 2.45) is 4.99 Å². The van der Waals surface area contributed by atoms with Crippen molar-refractivity contribution in [1.82, 2.24) is 4.57 Å². The molecule has 1 aliphatic heterocycles. The molecule has 0 bridgehead atoms. The van der Waals surface area contributed by atoms with Crippen molar-refractivity contribution < 1.29 is 23.7 Å². The average Bonchev–Trinajstić information content (AvgIpc) is 3.20. The third kappa shape index (κ3) is 4.70. The molecule has 8 nitrogen and oxygen atoms in total. The molecular weight excluding hydrogens is 480 g/mol. The SMILES string of the molecule is C=CCOC(=O)C1=C(C)N=c2s/c(=C\c3cc(OC)ccc3OC)c(=O)n2[C@H]1c1ccc(OC)cc1.